The minimum absolute atomic E-state index is 0.0482. The summed E-state index contributed by atoms with van der Waals surface area (Å²) in [6, 6.07) is 7.14. The van der Waals surface area contributed by atoms with Crippen molar-refractivity contribution in [3.05, 3.63) is 36.0 Å². The van der Waals surface area contributed by atoms with Crippen LogP contribution in [0.5, 0.6) is 0 Å². The standard InChI is InChI=1S/C20H23F3N2O3/c1-13(14-6-7-14)25(12-20(21,22)23)18(26)11-28-19(27)9-8-15-10-24-17-5-3-2-4-16(15)17/h2-5,10,13-14,24H,6-9,11-12H2,1H3/t13-/m1/s1. The number of esters is 1. The van der Waals surface area contributed by atoms with E-state index in [-0.39, 0.29) is 12.3 Å². The van der Waals surface area contributed by atoms with Crippen molar-refractivity contribution >= 4 is 22.8 Å². The molecule has 0 radical (unpaired) electrons. The highest BCUT2D eigenvalue weighted by Crippen LogP contribution is 2.36. The fraction of sp³-hybridized carbons (Fsp3) is 0.500. The van der Waals surface area contributed by atoms with Crippen molar-refractivity contribution in [1.82, 2.24) is 9.88 Å². The zero-order valence-electron chi connectivity index (χ0n) is 15.6. The number of halogens is 3. The van der Waals surface area contributed by atoms with Crippen molar-refractivity contribution in [1.29, 1.82) is 0 Å². The monoisotopic (exact) mass is 396 g/mol. The Kier molecular flexibility index (Phi) is 5.96. The average molecular weight is 396 g/mol. The number of carbonyl (C=O) groups excluding carboxylic acids is 2. The van der Waals surface area contributed by atoms with Gasteiger partial charge in [-0.3, -0.25) is 9.59 Å². The molecule has 1 atom stereocenters. The second-order valence-corrected chi connectivity index (χ2v) is 7.24. The van der Waals surface area contributed by atoms with Crippen LogP contribution in [0.25, 0.3) is 10.9 Å². The molecule has 5 nitrogen and oxygen atoms in total. The first kappa shape index (κ1) is 20.2. The summed E-state index contributed by atoms with van der Waals surface area (Å²) >= 11 is 0. The number of alkyl halides is 3. The number of hydrogen-bond donors (Lipinski definition) is 1. The Morgan fingerprint density at radius 3 is 2.68 bits per heavy atom. The molecule has 0 bridgehead atoms. The molecule has 28 heavy (non-hydrogen) atoms. The molecule has 1 aliphatic rings. The molecule has 1 N–H and O–H groups in total. The molecule has 1 aromatic carbocycles. The molecule has 1 heterocycles. The van der Waals surface area contributed by atoms with Gasteiger partial charge in [0.05, 0.1) is 0 Å². The quantitative estimate of drug-likeness (QED) is 0.690. The van der Waals surface area contributed by atoms with Crippen LogP contribution in [-0.4, -0.2) is 47.1 Å². The fourth-order valence-electron chi connectivity index (χ4n) is 3.36. The van der Waals surface area contributed by atoms with Gasteiger partial charge in [-0.2, -0.15) is 13.2 Å². The zero-order valence-corrected chi connectivity index (χ0v) is 15.6. The summed E-state index contributed by atoms with van der Waals surface area (Å²) in [5.74, 6) is -1.33. The number of fused-ring (bicyclic) bond motifs is 1. The van der Waals surface area contributed by atoms with Gasteiger partial charge in [0.15, 0.2) is 6.61 Å². The highest BCUT2D eigenvalue weighted by Gasteiger charge is 2.40. The second kappa shape index (κ2) is 8.24. The van der Waals surface area contributed by atoms with Gasteiger partial charge in [-0.1, -0.05) is 18.2 Å². The number of aryl methyl sites for hydroxylation is 1. The van der Waals surface area contributed by atoms with E-state index in [0.29, 0.717) is 6.42 Å². The first-order valence-electron chi connectivity index (χ1n) is 9.31. The van der Waals surface area contributed by atoms with Crippen LogP contribution < -0.4 is 0 Å². The van der Waals surface area contributed by atoms with Crippen LogP contribution in [0.15, 0.2) is 30.5 Å². The van der Waals surface area contributed by atoms with Crippen molar-refractivity contribution in [2.24, 2.45) is 5.92 Å². The summed E-state index contributed by atoms with van der Waals surface area (Å²) < 4.78 is 43.4. The molecule has 1 amide bonds. The predicted octanol–water partition coefficient (Wildman–Crippen LogP) is 3.83. The number of ether oxygens (including phenoxy) is 1. The molecule has 0 saturated heterocycles. The molecule has 8 heteroatoms. The Morgan fingerprint density at radius 2 is 2.00 bits per heavy atom. The third kappa shape index (κ3) is 5.27. The molecule has 2 aromatic rings. The average Bonchev–Trinajstić information content (AvgIpc) is 3.42. The normalized spacial score (nSPS) is 15.4. The van der Waals surface area contributed by atoms with Crippen LogP contribution in [-0.2, 0) is 20.7 Å². The van der Waals surface area contributed by atoms with E-state index in [4.69, 9.17) is 4.74 Å². The number of H-pyrrole nitrogens is 1. The van der Waals surface area contributed by atoms with Crippen molar-refractivity contribution < 1.29 is 27.5 Å². The van der Waals surface area contributed by atoms with Gasteiger partial charge in [0.1, 0.15) is 6.54 Å². The van der Waals surface area contributed by atoms with E-state index in [9.17, 15) is 22.8 Å². The molecule has 152 valence electrons. The number of nitrogens with zero attached hydrogens (tertiary/aromatic N) is 1. The molecule has 0 unspecified atom stereocenters. The van der Waals surface area contributed by atoms with Gasteiger partial charge in [0.2, 0.25) is 0 Å². The smallest absolute Gasteiger partial charge is 0.406 e. The minimum atomic E-state index is -4.49. The highest BCUT2D eigenvalue weighted by atomic mass is 19.4. The molecule has 0 aliphatic heterocycles. The lowest BCUT2D eigenvalue weighted by atomic mass is 10.1. The van der Waals surface area contributed by atoms with Crippen LogP contribution in [0.4, 0.5) is 13.2 Å². The van der Waals surface area contributed by atoms with Gasteiger partial charge in [0, 0.05) is 29.6 Å². The number of hydrogen-bond acceptors (Lipinski definition) is 3. The van der Waals surface area contributed by atoms with E-state index in [2.05, 4.69) is 4.98 Å². The number of nitrogens with one attached hydrogen (secondary N) is 1. The van der Waals surface area contributed by atoms with Crippen LogP contribution >= 0.6 is 0 Å². The maximum absolute atomic E-state index is 12.8. The first-order valence-corrected chi connectivity index (χ1v) is 9.31. The predicted molar refractivity (Wildman–Crippen MR) is 97.5 cm³/mol. The van der Waals surface area contributed by atoms with Gasteiger partial charge in [-0.25, -0.2) is 0 Å². The maximum Gasteiger partial charge on any atom is 0.406 e. The summed E-state index contributed by atoms with van der Waals surface area (Å²) in [7, 11) is 0. The Balaban J connectivity index is 1.51. The molecule has 3 rings (SSSR count). The molecular weight excluding hydrogens is 373 g/mol. The van der Waals surface area contributed by atoms with Crippen molar-refractivity contribution in [2.75, 3.05) is 13.2 Å². The number of carbonyl (C=O) groups is 2. The minimum Gasteiger partial charge on any atom is -0.456 e. The Morgan fingerprint density at radius 1 is 1.29 bits per heavy atom. The van der Waals surface area contributed by atoms with Crippen LogP contribution in [0.3, 0.4) is 0 Å². The van der Waals surface area contributed by atoms with E-state index in [1.807, 2.05) is 30.5 Å². The Bertz CT molecular complexity index is 843. The van der Waals surface area contributed by atoms with E-state index in [1.165, 1.54) is 0 Å². The largest absolute Gasteiger partial charge is 0.456 e. The topological polar surface area (TPSA) is 62.4 Å². The van der Waals surface area contributed by atoms with Crippen molar-refractivity contribution in [3.63, 3.8) is 0 Å². The molecule has 1 saturated carbocycles. The summed E-state index contributed by atoms with van der Waals surface area (Å²) in [6.45, 7) is -0.379. The number of para-hydroxylation sites is 1. The van der Waals surface area contributed by atoms with Gasteiger partial charge in [0.25, 0.3) is 5.91 Å². The zero-order chi connectivity index (χ0) is 20.3. The van der Waals surface area contributed by atoms with Gasteiger partial charge in [-0.15, -0.1) is 0 Å². The van der Waals surface area contributed by atoms with Gasteiger partial charge < -0.3 is 14.6 Å². The number of amides is 1. The summed E-state index contributed by atoms with van der Waals surface area (Å²) in [4.78, 5) is 28.1. The SMILES string of the molecule is C[C@H](C1CC1)N(CC(F)(F)F)C(=O)COC(=O)CCc1c[nH]c2ccccc12. The van der Waals surface area contributed by atoms with Crippen LogP contribution in [0.1, 0.15) is 31.7 Å². The van der Waals surface area contributed by atoms with E-state index < -0.39 is 37.2 Å². The van der Waals surface area contributed by atoms with Gasteiger partial charge >= 0.3 is 12.1 Å². The number of benzene rings is 1. The molecule has 1 aliphatic carbocycles. The molecular formula is C20H23F3N2O3. The van der Waals surface area contributed by atoms with Crippen molar-refractivity contribution in [3.8, 4) is 0 Å². The van der Waals surface area contributed by atoms with E-state index >= 15 is 0 Å². The number of aromatic amines is 1. The lowest BCUT2D eigenvalue weighted by Gasteiger charge is -2.30. The second-order valence-electron chi connectivity index (χ2n) is 7.24. The van der Waals surface area contributed by atoms with E-state index in [0.717, 1.165) is 34.2 Å². The lowest BCUT2D eigenvalue weighted by Crippen LogP contribution is -2.47. The molecule has 0 spiro atoms. The van der Waals surface area contributed by atoms with Gasteiger partial charge in [-0.05, 0) is 43.7 Å². The summed E-state index contributed by atoms with van der Waals surface area (Å²) in [6.07, 6.45) is -0.585. The third-order valence-electron chi connectivity index (χ3n) is 5.10. The first-order chi connectivity index (χ1) is 13.2. The summed E-state index contributed by atoms with van der Waals surface area (Å²) in [5.41, 5.74) is 1.90. The Hall–Kier alpha value is -2.51. The van der Waals surface area contributed by atoms with Crippen LogP contribution in [0, 0.1) is 5.92 Å². The number of rotatable bonds is 8. The van der Waals surface area contributed by atoms with Crippen molar-refractivity contribution in [2.45, 2.75) is 44.8 Å². The molecule has 1 fully saturated rings. The maximum atomic E-state index is 12.8. The van der Waals surface area contributed by atoms with E-state index in [1.54, 1.807) is 6.92 Å². The summed E-state index contributed by atoms with van der Waals surface area (Å²) in [5, 5.41) is 1.00. The number of aromatic nitrogens is 1. The van der Waals surface area contributed by atoms with Crippen LogP contribution in [0.2, 0.25) is 0 Å². The lowest BCUT2D eigenvalue weighted by molar-refractivity contribution is -0.170. The fourth-order valence-corrected chi connectivity index (χ4v) is 3.36. The molecule has 1 aromatic heterocycles. The highest BCUT2D eigenvalue weighted by molar-refractivity contribution is 5.84. The Labute approximate surface area is 160 Å². The third-order valence-corrected chi connectivity index (χ3v) is 5.10.